The summed E-state index contributed by atoms with van der Waals surface area (Å²) in [6.07, 6.45) is 3.82. The summed E-state index contributed by atoms with van der Waals surface area (Å²) in [7, 11) is 0. The monoisotopic (exact) mass is 272 g/mol. The fraction of sp³-hybridized carbons (Fsp3) is 0.471. The molecule has 108 valence electrons. The van der Waals surface area contributed by atoms with Crippen molar-refractivity contribution in [1.82, 2.24) is 4.90 Å². The average molecular weight is 272 g/mol. The molecule has 1 unspecified atom stereocenters. The quantitative estimate of drug-likeness (QED) is 0.856. The summed E-state index contributed by atoms with van der Waals surface area (Å²) in [4.78, 5) is 14.1. The van der Waals surface area contributed by atoms with Crippen molar-refractivity contribution in [1.29, 1.82) is 0 Å². The van der Waals surface area contributed by atoms with Crippen molar-refractivity contribution in [2.24, 2.45) is 11.7 Å². The Kier molecular flexibility index (Phi) is 4.96. The molecule has 2 N–H and O–H groups in total. The molecule has 0 saturated carbocycles. The Bertz CT molecular complexity index is 490. The van der Waals surface area contributed by atoms with E-state index in [2.05, 4.69) is 31.2 Å². The number of rotatable bonds is 4. The Morgan fingerprint density at radius 3 is 2.65 bits per heavy atom. The molecular weight excluding hydrogens is 248 g/mol. The zero-order valence-electron chi connectivity index (χ0n) is 12.4. The molecule has 1 aromatic carbocycles. The third-order valence-corrected chi connectivity index (χ3v) is 4.09. The molecule has 1 fully saturated rings. The fourth-order valence-corrected chi connectivity index (χ4v) is 2.59. The average Bonchev–Trinajstić information content (AvgIpc) is 2.96. The SMILES string of the molecule is CCc1ccc(/C(C)=C/C(=O)N2CCC(CN)C2)cc1. The third-order valence-electron chi connectivity index (χ3n) is 4.09. The predicted molar refractivity (Wildman–Crippen MR) is 83.2 cm³/mol. The molecule has 1 aliphatic rings. The maximum atomic E-state index is 12.2. The summed E-state index contributed by atoms with van der Waals surface area (Å²) >= 11 is 0. The molecule has 0 aromatic heterocycles. The lowest BCUT2D eigenvalue weighted by Gasteiger charge is -2.14. The minimum atomic E-state index is 0.109. The molecular formula is C17H24N2O. The molecule has 1 aliphatic heterocycles. The smallest absolute Gasteiger partial charge is 0.246 e. The van der Waals surface area contributed by atoms with Gasteiger partial charge in [0, 0.05) is 19.2 Å². The van der Waals surface area contributed by atoms with Crippen molar-refractivity contribution in [3.05, 3.63) is 41.5 Å². The standard InChI is InChI=1S/C17H24N2O/c1-3-14-4-6-16(7-5-14)13(2)10-17(20)19-9-8-15(11-18)12-19/h4-7,10,15H,3,8-9,11-12,18H2,1-2H3/b13-10+. The molecule has 2 rings (SSSR count). The van der Waals surface area contributed by atoms with Crippen LogP contribution in [-0.4, -0.2) is 30.4 Å². The number of hydrogen-bond donors (Lipinski definition) is 1. The van der Waals surface area contributed by atoms with Crippen molar-refractivity contribution in [3.63, 3.8) is 0 Å². The Labute approximate surface area is 121 Å². The molecule has 0 bridgehead atoms. The Morgan fingerprint density at radius 2 is 2.10 bits per heavy atom. The normalized spacial score (nSPS) is 19.4. The molecule has 1 atom stereocenters. The van der Waals surface area contributed by atoms with E-state index >= 15 is 0 Å². The number of nitrogens with zero attached hydrogens (tertiary/aromatic N) is 1. The first-order valence-corrected chi connectivity index (χ1v) is 7.40. The second-order valence-electron chi connectivity index (χ2n) is 5.55. The van der Waals surface area contributed by atoms with Gasteiger partial charge in [-0.2, -0.15) is 0 Å². The number of amides is 1. The molecule has 0 radical (unpaired) electrons. The van der Waals surface area contributed by atoms with Gasteiger partial charge in [0.15, 0.2) is 0 Å². The van der Waals surface area contributed by atoms with Gasteiger partial charge < -0.3 is 10.6 Å². The lowest BCUT2D eigenvalue weighted by atomic mass is 10.0. The highest BCUT2D eigenvalue weighted by Crippen LogP contribution is 2.18. The summed E-state index contributed by atoms with van der Waals surface area (Å²) in [5, 5.41) is 0. The first-order chi connectivity index (χ1) is 9.63. The van der Waals surface area contributed by atoms with Crippen molar-refractivity contribution < 1.29 is 4.79 Å². The van der Waals surface area contributed by atoms with Gasteiger partial charge in [0.25, 0.3) is 0 Å². The highest BCUT2D eigenvalue weighted by Gasteiger charge is 2.23. The van der Waals surface area contributed by atoms with Crippen molar-refractivity contribution in [2.45, 2.75) is 26.7 Å². The van der Waals surface area contributed by atoms with E-state index in [1.54, 1.807) is 6.08 Å². The third kappa shape index (κ3) is 3.48. The number of allylic oxidation sites excluding steroid dienone is 1. The van der Waals surface area contributed by atoms with E-state index in [9.17, 15) is 4.79 Å². The van der Waals surface area contributed by atoms with Crippen molar-refractivity contribution >= 4 is 11.5 Å². The number of carbonyl (C=O) groups is 1. The van der Waals surface area contributed by atoms with E-state index in [1.807, 2.05) is 11.8 Å². The lowest BCUT2D eigenvalue weighted by Crippen LogP contribution is -2.28. The maximum Gasteiger partial charge on any atom is 0.246 e. The molecule has 1 amide bonds. The van der Waals surface area contributed by atoms with E-state index in [-0.39, 0.29) is 5.91 Å². The van der Waals surface area contributed by atoms with Crippen LogP contribution in [0, 0.1) is 5.92 Å². The molecule has 1 aromatic rings. The topological polar surface area (TPSA) is 46.3 Å². The first kappa shape index (κ1) is 14.8. The summed E-state index contributed by atoms with van der Waals surface area (Å²) < 4.78 is 0. The Morgan fingerprint density at radius 1 is 1.40 bits per heavy atom. The second-order valence-corrected chi connectivity index (χ2v) is 5.55. The molecule has 20 heavy (non-hydrogen) atoms. The molecule has 1 saturated heterocycles. The zero-order valence-corrected chi connectivity index (χ0v) is 12.4. The number of aryl methyl sites for hydroxylation is 1. The highest BCUT2D eigenvalue weighted by atomic mass is 16.2. The number of benzene rings is 1. The van der Waals surface area contributed by atoms with E-state index in [0.717, 1.165) is 37.1 Å². The van der Waals surface area contributed by atoms with Gasteiger partial charge in [0.2, 0.25) is 5.91 Å². The maximum absolute atomic E-state index is 12.2. The highest BCUT2D eigenvalue weighted by molar-refractivity contribution is 5.95. The van der Waals surface area contributed by atoms with Crippen molar-refractivity contribution in [3.8, 4) is 0 Å². The van der Waals surface area contributed by atoms with Gasteiger partial charge in [-0.1, -0.05) is 31.2 Å². The number of hydrogen-bond acceptors (Lipinski definition) is 2. The van der Waals surface area contributed by atoms with Gasteiger partial charge in [-0.25, -0.2) is 0 Å². The summed E-state index contributed by atoms with van der Waals surface area (Å²) in [5.74, 6) is 0.578. The minimum absolute atomic E-state index is 0.109. The van der Waals surface area contributed by atoms with E-state index < -0.39 is 0 Å². The van der Waals surface area contributed by atoms with Crippen LogP contribution in [0.4, 0.5) is 0 Å². The number of likely N-dealkylation sites (tertiary alicyclic amines) is 1. The van der Waals surface area contributed by atoms with Crippen LogP contribution in [0.15, 0.2) is 30.3 Å². The number of nitrogens with two attached hydrogens (primary N) is 1. The minimum Gasteiger partial charge on any atom is -0.339 e. The number of carbonyl (C=O) groups excluding carboxylic acids is 1. The fourth-order valence-electron chi connectivity index (χ4n) is 2.59. The van der Waals surface area contributed by atoms with Gasteiger partial charge in [0.05, 0.1) is 0 Å². The van der Waals surface area contributed by atoms with Gasteiger partial charge in [0.1, 0.15) is 0 Å². The zero-order chi connectivity index (χ0) is 14.5. The summed E-state index contributed by atoms with van der Waals surface area (Å²) in [6.45, 7) is 6.44. The van der Waals surface area contributed by atoms with Crippen LogP contribution < -0.4 is 5.73 Å². The first-order valence-electron chi connectivity index (χ1n) is 7.40. The molecule has 3 heteroatoms. The summed E-state index contributed by atoms with van der Waals surface area (Å²) in [5.41, 5.74) is 9.12. The molecule has 0 spiro atoms. The van der Waals surface area contributed by atoms with Crippen LogP contribution in [0.5, 0.6) is 0 Å². The predicted octanol–water partition coefficient (Wildman–Crippen LogP) is 2.46. The Hall–Kier alpha value is -1.61. The van der Waals surface area contributed by atoms with Crippen LogP contribution in [0.3, 0.4) is 0 Å². The summed E-state index contributed by atoms with van der Waals surface area (Å²) in [6, 6.07) is 8.42. The van der Waals surface area contributed by atoms with E-state index in [1.165, 1.54) is 5.56 Å². The lowest BCUT2D eigenvalue weighted by molar-refractivity contribution is -0.125. The van der Waals surface area contributed by atoms with Gasteiger partial charge >= 0.3 is 0 Å². The van der Waals surface area contributed by atoms with E-state index in [0.29, 0.717) is 12.5 Å². The van der Waals surface area contributed by atoms with Gasteiger partial charge in [-0.15, -0.1) is 0 Å². The van der Waals surface area contributed by atoms with E-state index in [4.69, 9.17) is 5.73 Å². The molecule has 0 aliphatic carbocycles. The molecule has 3 nitrogen and oxygen atoms in total. The van der Waals surface area contributed by atoms with Crippen LogP contribution in [0.1, 0.15) is 31.4 Å². The van der Waals surface area contributed by atoms with Gasteiger partial charge in [-0.3, -0.25) is 4.79 Å². The largest absolute Gasteiger partial charge is 0.339 e. The second kappa shape index (κ2) is 6.71. The Balaban J connectivity index is 2.03. The van der Waals surface area contributed by atoms with Gasteiger partial charge in [-0.05, 0) is 48.9 Å². The molecule has 1 heterocycles. The van der Waals surface area contributed by atoms with Crippen LogP contribution in [0.2, 0.25) is 0 Å². The van der Waals surface area contributed by atoms with Crippen LogP contribution >= 0.6 is 0 Å². The van der Waals surface area contributed by atoms with Crippen molar-refractivity contribution in [2.75, 3.05) is 19.6 Å². The van der Waals surface area contributed by atoms with Crippen LogP contribution in [0.25, 0.3) is 5.57 Å². The van der Waals surface area contributed by atoms with Crippen LogP contribution in [-0.2, 0) is 11.2 Å².